The van der Waals surface area contributed by atoms with Crippen LogP contribution in [-0.4, -0.2) is 24.6 Å². The number of aromatic nitrogens is 2. The average molecular weight is 481 g/mol. The Morgan fingerprint density at radius 2 is 1.57 bits per heavy atom. The van der Waals surface area contributed by atoms with Gasteiger partial charge in [0.25, 0.3) is 0 Å². The number of nitriles is 2. The molecule has 7 nitrogen and oxygen atoms in total. The van der Waals surface area contributed by atoms with Crippen LogP contribution < -0.4 is 4.74 Å². The highest BCUT2D eigenvalue weighted by atomic mass is 32.2. The molecule has 3 aromatic carbocycles. The zero-order chi connectivity index (χ0) is 25.0. The fraction of sp³-hybridized carbons (Fsp3) is 0.148. The topological polar surface area (TPSA) is 120 Å². The number of nitrogens with zero attached hydrogens (tertiary/aromatic N) is 3. The number of H-pyrrole nitrogens is 1. The van der Waals surface area contributed by atoms with Crippen LogP contribution in [-0.2, 0) is 15.4 Å². The molecule has 0 saturated carbocycles. The summed E-state index contributed by atoms with van der Waals surface area (Å²) in [5.74, 6) is 1.08. The third-order valence-corrected chi connectivity index (χ3v) is 7.19. The lowest BCUT2D eigenvalue weighted by atomic mass is 9.93. The number of hydrogen-bond acceptors (Lipinski definition) is 6. The van der Waals surface area contributed by atoms with Crippen molar-refractivity contribution in [1.29, 1.82) is 10.5 Å². The summed E-state index contributed by atoms with van der Waals surface area (Å²) in [5.41, 5.74) is 4.41. The summed E-state index contributed by atoms with van der Waals surface area (Å²) in [5, 5.41) is 19.2. The quantitative estimate of drug-likeness (QED) is 0.431. The number of sulfone groups is 1. The van der Waals surface area contributed by atoms with E-state index in [9.17, 15) is 18.9 Å². The Morgan fingerprint density at radius 3 is 2.17 bits per heavy atom. The summed E-state index contributed by atoms with van der Waals surface area (Å²) >= 11 is 0. The number of nitrogens with one attached hydrogen (secondary N) is 1. The molecule has 1 N–H and O–H groups in total. The maximum atomic E-state index is 11.8. The predicted octanol–water partition coefficient (Wildman–Crippen LogP) is 5.19. The Balaban J connectivity index is 1.63. The van der Waals surface area contributed by atoms with E-state index in [0.717, 1.165) is 22.4 Å². The average Bonchev–Trinajstić information content (AvgIpc) is 3.29. The molecule has 0 spiro atoms. The Morgan fingerprint density at radius 1 is 0.943 bits per heavy atom. The third-order valence-electron chi connectivity index (χ3n) is 6.07. The van der Waals surface area contributed by atoms with Gasteiger partial charge in [-0.2, -0.15) is 10.5 Å². The number of rotatable bonds is 3. The van der Waals surface area contributed by atoms with Crippen LogP contribution in [0.5, 0.6) is 5.75 Å². The lowest BCUT2D eigenvalue weighted by molar-refractivity contribution is 0.101. The number of benzene rings is 3. The molecule has 8 heteroatoms. The molecule has 1 aliphatic rings. The Hall–Kier alpha value is -4.40. The van der Waals surface area contributed by atoms with Crippen molar-refractivity contribution in [1.82, 2.24) is 9.97 Å². The molecule has 0 atom stereocenters. The lowest BCUT2D eigenvalue weighted by Gasteiger charge is -2.32. The summed E-state index contributed by atoms with van der Waals surface area (Å²) in [7, 11) is -3.27. The van der Waals surface area contributed by atoms with E-state index in [1.807, 2.05) is 32.0 Å². The zero-order valence-corrected chi connectivity index (χ0v) is 20.1. The number of fused-ring (bicyclic) bond motifs is 3. The van der Waals surface area contributed by atoms with E-state index in [1.165, 1.54) is 6.26 Å². The van der Waals surface area contributed by atoms with E-state index in [1.54, 1.807) is 42.5 Å². The van der Waals surface area contributed by atoms with Crippen molar-refractivity contribution < 1.29 is 13.2 Å². The minimum absolute atomic E-state index is 0.264. The van der Waals surface area contributed by atoms with Gasteiger partial charge in [0.1, 0.15) is 17.2 Å². The highest BCUT2D eigenvalue weighted by molar-refractivity contribution is 7.90. The first-order chi connectivity index (χ1) is 16.6. The van der Waals surface area contributed by atoms with Crippen molar-refractivity contribution in [3.05, 3.63) is 77.5 Å². The Kier molecular flexibility index (Phi) is 5.01. The highest BCUT2D eigenvalue weighted by Gasteiger charge is 2.36. The predicted molar refractivity (Wildman–Crippen MR) is 131 cm³/mol. The van der Waals surface area contributed by atoms with Crippen molar-refractivity contribution >= 4 is 9.84 Å². The van der Waals surface area contributed by atoms with Gasteiger partial charge in [0.2, 0.25) is 0 Å². The monoisotopic (exact) mass is 480 g/mol. The molecule has 0 bridgehead atoms. The van der Waals surface area contributed by atoms with E-state index < -0.39 is 15.4 Å². The standard InChI is InChI=1S/C27H20N4O3S/c1-27(2)25-24(30-26(31-25)23-18(14-28)5-4-6-19(23)15-29)21-12-9-17(13-22(21)34-27)16-7-10-20(11-8-16)35(3,32)33/h4-13H,1-3H3,(H,30,31). The van der Waals surface area contributed by atoms with Gasteiger partial charge in [-0.1, -0.05) is 24.3 Å². The molecule has 0 aliphatic carbocycles. The Labute approximate surface area is 203 Å². The molecule has 2 heterocycles. The van der Waals surface area contributed by atoms with E-state index in [0.29, 0.717) is 34.0 Å². The summed E-state index contributed by atoms with van der Waals surface area (Å²) in [6, 6.07) is 21.8. The maximum Gasteiger partial charge on any atom is 0.175 e. The molecule has 0 radical (unpaired) electrons. The molecule has 1 aliphatic heterocycles. The molecule has 172 valence electrons. The van der Waals surface area contributed by atoms with Crippen LogP contribution in [0.2, 0.25) is 0 Å². The number of hydrogen-bond donors (Lipinski definition) is 1. The van der Waals surface area contributed by atoms with Gasteiger partial charge in [0.05, 0.1) is 45.1 Å². The second kappa shape index (κ2) is 7.83. The zero-order valence-electron chi connectivity index (χ0n) is 19.2. The van der Waals surface area contributed by atoms with Gasteiger partial charge in [-0.05, 0) is 61.4 Å². The summed E-state index contributed by atoms with van der Waals surface area (Å²) in [4.78, 5) is 8.38. The van der Waals surface area contributed by atoms with Gasteiger partial charge >= 0.3 is 0 Å². The van der Waals surface area contributed by atoms with Crippen LogP contribution in [0.4, 0.5) is 0 Å². The van der Waals surface area contributed by atoms with Gasteiger partial charge < -0.3 is 9.72 Å². The molecule has 0 amide bonds. The van der Waals surface area contributed by atoms with E-state index in [-0.39, 0.29) is 4.90 Å². The molecule has 35 heavy (non-hydrogen) atoms. The van der Waals surface area contributed by atoms with Gasteiger partial charge in [-0.25, -0.2) is 13.4 Å². The molecule has 0 saturated heterocycles. The van der Waals surface area contributed by atoms with Crippen LogP contribution in [0, 0.1) is 22.7 Å². The number of imidazole rings is 1. The van der Waals surface area contributed by atoms with Gasteiger partial charge in [0.15, 0.2) is 9.84 Å². The second-order valence-electron chi connectivity index (χ2n) is 8.88. The molecule has 5 rings (SSSR count). The second-order valence-corrected chi connectivity index (χ2v) is 10.9. The van der Waals surface area contributed by atoms with E-state index in [2.05, 4.69) is 17.1 Å². The van der Waals surface area contributed by atoms with Gasteiger partial charge in [-0.15, -0.1) is 0 Å². The van der Waals surface area contributed by atoms with Crippen molar-refractivity contribution in [3.63, 3.8) is 0 Å². The van der Waals surface area contributed by atoms with Crippen molar-refractivity contribution in [2.45, 2.75) is 24.3 Å². The number of ether oxygens (including phenoxy) is 1. The minimum atomic E-state index is -3.27. The maximum absolute atomic E-state index is 11.8. The smallest absolute Gasteiger partial charge is 0.175 e. The normalized spacial score (nSPS) is 13.6. The molecular formula is C27H20N4O3S. The van der Waals surface area contributed by atoms with Crippen LogP contribution in [0.3, 0.4) is 0 Å². The first-order valence-electron chi connectivity index (χ1n) is 10.8. The van der Waals surface area contributed by atoms with Crippen LogP contribution in [0.25, 0.3) is 33.8 Å². The van der Waals surface area contributed by atoms with Crippen molar-refractivity contribution in [2.24, 2.45) is 0 Å². The van der Waals surface area contributed by atoms with Gasteiger partial charge in [-0.3, -0.25) is 0 Å². The molecule has 4 aromatic rings. The fourth-order valence-corrected chi connectivity index (χ4v) is 4.95. The Bertz CT molecular complexity index is 1650. The summed E-state index contributed by atoms with van der Waals surface area (Å²) in [6.07, 6.45) is 1.18. The molecule has 0 fully saturated rings. The van der Waals surface area contributed by atoms with Crippen LogP contribution in [0.1, 0.15) is 30.7 Å². The van der Waals surface area contributed by atoms with E-state index in [4.69, 9.17) is 9.72 Å². The van der Waals surface area contributed by atoms with Crippen LogP contribution in [0.15, 0.2) is 65.6 Å². The van der Waals surface area contributed by atoms with Crippen molar-refractivity contribution in [3.8, 4) is 51.7 Å². The molecule has 1 aromatic heterocycles. The fourth-order valence-electron chi connectivity index (χ4n) is 4.32. The summed E-state index contributed by atoms with van der Waals surface area (Å²) < 4.78 is 29.9. The van der Waals surface area contributed by atoms with Crippen molar-refractivity contribution in [2.75, 3.05) is 6.26 Å². The van der Waals surface area contributed by atoms with Gasteiger partial charge in [0, 0.05) is 11.8 Å². The number of aromatic amines is 1. The first kappa shape index (κ1) is 22.4. The minimum Gasteiger partial charge on any atom is -0.481 e. The third kappa shape index (κ3) is 3.74. The van der Waals surface area contributed by atoms with E-state index >= 15 is 0 Å². The lowest BCUT2D eigenvalue weighted by Crippen LogP contribution is -2.29. The molecule has 0 unspecified atom stereocenters. The molecular weight excluding hydrogens is 460 g/mol. The summed E-state index contributed by atoms with van der Waals surface area (Å²) in [6.45, 7) is 3.84. The largest absolute Gasteiger partial charge is 0.481 e. The highest BCUT2D eigenvalue weighted by Crippen LogP contribution is 2.46. The SMILES string of the molecule is CC1(C)Oc2cc(-c3ccc(S(C)(=O)=O)cc3)ccc2-c2nc(-c3c(C#N)cccc3C#N)[nH]c21. The van der Waals surface area contributed by atoms with Crippen LogP contribution >= 0.6 is 0 Å². The first-order valence-corrected chi connectivity index (χ1v) is 12.7.